The fourth-order valence-electron chi connectivity index (χ4n) is 3.41. The minimum atomic E-state index is -0.853. The van der Waals surface area contributed by atoms with Crippen molar-refractivity contribution in [3.63, 3.8) is 0 Å². The summed E-state index contributed by atoms with van der Waals surface area (Å²) in [6.07, 6.45) is 3.78. The minimum absolute atomic E-state index is 0.397. The number of halogens is 1. The molecule has 116 valence electrons. The van der Waals surface area contributed by atoms with Gasteiger partial charge in [-0.15, -0.1) is 0 Å². The molecule has 1 N–H and O–H groups in total. The van der Waals surface area contributed by atoms with Crippen LogP contribution in [0.2, 0.25) is 5.02 Å². The first kappa shape index (κ1) is 16.0. The van der Waals surface area contributed by atoms with E-state index in [1.807, 2.05) is 6.92 Å². The molecule has 1 aromatic carbocycles. The zero-order chi connectivity index (χ0) is 15.6. The second-order valence-corrected chi connectivity index (χ2v) is 5.81. The summed E-state index contributed by atoms with van der Waals surface area (Å²) >= 11 is 6.29. The maximum atomic E-state index is 11.9. The van der Waals surface area contributed by atoms with Gasteiger partial charge in [-0.25, -0.2) is 0 Å². The maximum absolute atomic E-state index is 11.9. The zero-order valence-electron chi connectivity index (χ0n) is 12.7. The normalized spacial score (nSPS) is 16.8. The molecule has 0 amide bonds. The second-order valence-electron chi connectivity index (χ2n) is 5.40. The van der Waals surface area contributed by atoms with Gasteiger partial charge in [0.15, 0.2) is 11.5 Å². The van der Waals surface area contributed by atoms with Crippen molar-refractivity contribution in [2.24, 2.45) is 0 Å². The van der Waals surface area contributed by atoms with Crippen LogP contribution in [0.5, 0.6) is 11.5 Å². The van der Waals surface area contributed by atoms with Gasteiger partial charge >= 0.3 is 5.97 Å². The average Bonchev–Trinajstić information content (AvgIpc) is 2.96. The molecule has 1 aliphatic carbocycles. The first-order chi connectivity index (χ1) is 10.0. The highest BCUT2D eigenvalue weighted by molar-refractivity contribution is 6.32. The van der Waals surface area contributed by atoms with E-state index in [9.17, 15) is 9.90 Å². The molecule has 4 nitrogen and oxygen atoms in total. The summed E-state index contributed by atoms with van der Waals surface area (Å²) in [5.41, 5.74) is 0.801. The number of benzene rings is 1. The zero-order valence-corrected chi connectivity index (χ0v) is 13.4. The first-order valence-electron chi connectivity index (χ1n) is 7.19. The lowest BCUT2D eigenvalue weighted by Crippen LogP contribution is -2.34. The van der Waals surface area contributed by atoms with Crippen LogP contribution in [0, 0.1) is 0 Å². The van der Waals surface area contributed by atoms with Crippen LogP contribution in [0.3, 0.4) is 0 Å². The topological polar surface area (TPSA) is 55.8 Å². The lowest BCUT2D eigenvalue weighted by Gasteiger charge is -2.29. The molecule has 21 heavy (non-hydrogen) atoms. The van der Waals surface area contributed by atoms with Gasteiger partial charge in [-0.05, 0) is 30.9 Å². The van der Waals surface area contributed by atoms with Crippen LogP contribution in [0.15, 0.2) is 6.07 Å². The molecule has 0 aromatic heterocycles. The Morgan fingerprint density at radius 3 is 2.29 bits per heavy atom. The van der Waals surface area contributed by atoms with Crippen LogP contribution in [0.1, 0.15) is 43.7 Å². The van der Waals surface area contributed by atoms with E-state index in [0.717, 1.165) is 24.0 Å². The Morgan fingerprint density at radius 1 is 1.29 bits per heavy atom. The summed E-state index contributed by atoms with van der Waals surface area (Å²) in [6, 6.07) is 1.75. The van der Waals surface area contributed by atoms with E-state index in [-0.39, 0.29) is 0 Å². The third-order valence-electron chi connectivity index (χ3n) is 4.44. The Labute approximate surface area is 130 Å². The minimum Gasteiger partial charge on any atom is -0.493 e. The van der Waals surface area contributed by atoms with Gasteiger partial charge in [-0.3, -0.25) is 4.79 Å². The summed E-state index contributed by atoms with van der Waals surface area (Å²) in [7, 11) is 3.09. The largest absolute Gasteiger partial charge is 0.493 e. The SMILES string of the molecule is CCc1c(C2(C(=O)O)CCCC2)cc(Cl)c(OC)c1OC. The van der Waals surface area contributed by atoms with Crippen molar-refractivity contribution in [2.75, 3.05) is 14.2 Å². The van der Waals surface area contributed by atoms with Crippen molar-refractivity contribution in [3.05, 3.63) is 22.2 Å². The lowest BCUT2D eigenvalue weighted by molar-refractivity contribution is -0.143. The molecule has 0 heterocycles. The molecule has 0 radical (unpaired) electrons. The third-order valence-corrected chi connectivity index (χ3v) is 4.72. The van der Waals surface area contributed by atoms with E-state index in [4.69, 9.17) is 21.1 Å². The number of aliphatic carboxylic acids is 1. The van der Waals surface area contributed by atoms with Gasteiger partial charge in [0.25, 0.3) is 0 Å². The molecule has 1 aliphatic rings. The molecule has 0 saturated heterocycles. The summed E-state index contributed by atoms with van der Waals surface area (Å²) in [4.78, 5) is 11.9. The first-order valence-corrected chi connectivity index (χ1v) is 7.56. The molecule has 0 bridgehead atoms. The monoisotopic (exact) mass is 312 g/mol. The Kier molecular flexibility index (Phi) is 4.67. The third kappa shape index (κ3) is 2.46. The molecule has 0 atom stereocenters. The molecule has 1 saturated carbocycles. The summed E-state index contributed by atoms with van der Waals surface area (Å²) in [6.45, 7) is 1.99. The van der Waals surface area contributed by atoms with Gasteiger partial charge in [0, 0.05) is 5.56 Å². The standard InChI is InChI=1S/C16H21ClO4/c1-4-10-11(16(15(18)19)7-5-6-8-16)9-12(17)14(21-3)13(10)20-2/h9H,4-8H2,1-3H3,(H,18,19). The molecule has 5 heteroatoms. The molecule has 2 rings (SSSR count). The van der Waals surface area contributed by atoms with Gasteiger partial charge < -0.3 is 14.6 Å². The van der Waals surface area contributed by atoms with Gasteiger partial charge in [-0.2, -0.15) is 0 Å². The van der Waals surface area contributed by atoms with E-state index < -0.39 is 11.4 Å². The highest BCUT2D eigenvalue weighted by Crippen LogP contribution is 2.49. The summed E-state index contributed by atoms with van der Waals surface area (Å²) in [5, 5.41) is 10.2. The van der Waals surface area contributed by atoms with E-state index in [2.05, 4.69) is 0 Å². The van der Waals surface area contributed by atoms with Gasteiger partial charge in [0.05, 0.1) is 24.7 Å². The van der Waals surface area contributed by atoms with Crippen LogP contribution in [-0.2, 0) is 16.6 Å². The van der Waals surface area contributed by atoms with Crippen LogP contribution >= 0.6 is 11.6 Å². The quantitative estimate of drug-likeness (QED) is 0.898. The molecular formula is C16H21ClO4. The number of carbonyl (C=O) groups is 1. The van der Waals surface area contributed by atoms with Crippen LogP contribution in [-0.4, -0.2) is 25.3 Å². The van der Waals surface area contributed by atoms with E-state index >= 15 is 0 Å². The van der Waals surface area contributed by atoms with E-state index in [1.54, 1.807) is 13.2 Å². The number of carboxylic acids is 1. The number of ether oxygens (including phenoxy) is 2. The Bertz CT molecular complexity index is 548. The van der Waals surface area contributed by atoms with Crippen LogP contribution < -0.4 is 9.47 Å². The van der Waals surface area contributed by atoms with Gasteiger partial charge in [0.2, 0.25) is 0 Å². The molecule has 0 unspecified atom stereocenters. The highest BCUT2D eigenvalue weighted by atomic mass is 35.5. The smallest absolute Gasteiger partial charge is 0.314 e. The predicted molar refractivity (Wildman–Crippen MR) is 81.7 cm³/mol. The Morgan fingerprint density at radius 2 is 1.86 bits per heavy atom. The van der Waals surface area contributed by atoms with Gasteiger partial charge in [0.1, 0.15) is 0 Å². The molecular weight excluding hydrogens is 292 g/mol. The fourth-order valence-corrected chi connectivity index (χ4v) is 3.68. The Balaban J connectivity index is 2.74. The predicted octanol–water partition coefficient (Wildman–Crippen LogP) is 3.82. The number of hydrogen-bond donors (Lipinski definition) is 1. The molecule has 0 aliphatic heterocycles. The highest BCUT2D eigenvalue weighted by Gasteiger charge is 2.45. The van der Waals surface area contributed by atoms with Crippen LogP contribution in [0.25, 0.3) is 0 Å². The van der Waals surface area contributed by atoms with Crippen molar-refractivity contribution in [1.82, 2.24) is 0 Å². The van der Waals surface area contributed by atoms with E-state index in [0.29, 0.717) is 35.8 Å². The van der Waals surface area contributed by atoms with Crippen molar-refractivity contribution >= 4 is 17.6 Å². The summed E-state index contributed by atoms with van der Waals surface area (Å²) < 4.78 is 10.8. The number of rotatable bonds is 5. The second kappa shape index (κ2) is 6.14. The van der Waals surface area contributed by atoms with Crippen molar-refractivity contribution in [1.29, 1.82) is 0 Å². The number of carboxylic acid groups (broad SMARTS) is 1. The van der Waals surface area contributed by atoms with E-state index in [1.165, 1.54) is 7.11 Å². The summed E-state index contributed by atoms with van der Waals surface area (Å²) in [5.74, 6) is 0.242. The van der Waals surface area contributed by atoms with Crippen LogP contribution in [0.4, 0.5) is 0 Å². The number of methoxy groups -OCH3 is 2. The van der Waals surface area contributed by atoms with Crippen molar-refractivity contribution in [3.8, 4) is 11.5 Å². The molecule has 0 spiro atoms. The Hall–Kier alpha value is -1.42. The van der Waals surface area contributed by atoms with Gasteiger partial charge in [-0.1, -0.05) is 31.4 Å². The molecule has 1 fully saturated rings. The fraction of sp³-hybridized carbons (Fsp3) is 0.562. The maximum Gasteiger partial charge on any atom is 0.314 e. The number of hydrogen-bond acceptors (Lipinski definition) is 3. The average molecular weight is 313 g/mol. The lowest BCUT2D eigenvalue weighted by atomic mass is 9.76. The van der Waals surface area contributed by atoms with Crippen molar-refractivity contribution < 1.29 is 19.4 Å². The van der Waals surface area contributed by atoms with Crippen molar-refractivity contribution in [2.45, 2.75) is 44.4 Å². The molecule has 1 aromatic rings.